The number of H-pyrrole nitrogens is 1. The predicted molar refractivity (Wildman–Crippen MR) is 149 cm³/mol. The van der Waals surface area contributed by atoms with Gasteiger partial charge in [-0.05, 0) is 57.7 Å². The summed E-state index contributed by atoms with van der Waals surface area (Å²) in [5.74, 6) is 0.704. The number of ether oxygens (including phenoxy) is 1. The Hall–Kier alpha value is -3.95. The number of benzene rings is 2. The van der Waals surface area contributed by atoms with E-state index in [0.29, 0.717) is 33.5 Å². The number of hydrogen-bond donors (Lipinski definition) is 2. The Labute approximate surface area is 221 Å². The second kappa shape index (κ2) is 11.2. The summed E-state index contributed by atoms with van der Waals surface area (Å²) >= 11 is 0. The predicted octanol–water partition coefficient (Wildman–Crippen LogP) is 4.66. The van der Waals surface area contributed by atoms with Crippen molar-refractivity contribution in [1.29, 1.82) is 0 Å². The fourth-order valence-electron chi connectivity index (χ4n) is 5.06. The van der Waals surface area contributed by atoms with Crippen LogP contribution in [0.1, 0.15) is 18.9 Å². The number of nitrogens with one attached hydrogen (secondary N) is 1. The lowest BCUT2D eigenvalue weighted by molar-refractivity contribution is 0.196. The Morgan fingerprint density at radius 1 is 1.16 bits per heavy atom. The third-order valence-corrected chi connectivity index (χ3v) is 6.87. The van der Waals surface area contributed by atoms with E-state index >= 15 is 4.39 Å². The summed E-state index contributed by atoms with van der Waals surface area (Å²) in [5.41, 5.74) is 7.22. The molecule has 198 valence electrons. The first kappa shape index (κ1) is 25.7. The van der Waals surface area contributed by atoms with Gasteiger partial charge in [-0.1, -0.05) is 30.4 Å². The van der Waals surface area contributed by atoms with E-state index in [0.717, 1.165) is 39.0 Å². The molecule has 9 heteroatoms. The first-order valence-electron chi connectivity index (χ1n) is 12.8. The number of piperidine rings is 1. The number of aromatic amines is 1. The second-order valence-corrected chi connectivity index (χ2v) is 9.96. The molecular weight excluding hydrogens is 483 g/mol. The van der Waals surface area contributed by atoms with Crippen molar-refractivity contribution in [2.45, 2.75) is 18.9 Å². The number of para-hydroxylation sites is 1. The van der Waals surface area contributed by atoms with Gasteiger partial charge in [-0.15, -0.1) is 0 Å². The lowest BCUT2D eigenvalue weighted by Gasteiger charge is -2.33. The van der Waals surface area contributed by atoms with E-state index in [1.54, 1.807) is 12.1 Å². The number of fused-ring (bicyclic) bond motifs is 1. The minimum absolute atomic E-state index is 0.0499. The third-order valence-electron chi connectivity index (χ3n) is 6.87. The molecule has 1 fully saturated rings. The smallest absolute Gasteiger partial charge is 0.288 e. The molecule has 0 unspecified atom stereocenters. The van der Waals surface area contributed by atoms with Crippen molar-refractivity contribution in [1.82, 2.24) is 24.6 Å². The van der Waals surface area contributed by atoms with E-state index in [1.165, 1.54) is 6.07 Å². The average Bonchev–Trinajstić information content (AvgIpc) is 3.31. The van der Waals surface area contributed by atoms with E-state index in [9.17, 15) is 4.79 Å². The molecule has 1 aliphatic heterocycles. The van der Waals surface area contributed by atoms with Gasteiger partial charge in [-0.25, -0.2) is 9.49 Å². The van der Waals surface area contributed by atoms with Gasteiger partial charge in [0, 0.05) is 49.1 Å². The monoisotopic (exact) mass is 516 g/mol. The van der Waals surface area contributed by atoms with E-state index in [2.05, 4.69) is 32.1 Å². The Morgan fingerprint density at radius 3 is 2.74 bits per heavy atom. The average molecular weight is 517 g/mol. The number of nitrogen functional groups attached to an aromatic ring is 1. The number of halogens is 1. The maximum atomic E-state index is 15.5. The number of rotatable bonds is 8. The van der Waals surface area contributed by atoms with Crippen LogP contribution in [0.25, 0.3) is 22.0 Å². The molecular formula is C29H33FN6O2. The van der Waals surface area contributed by atoms with Crippen molar-refractivity contribution in [3.8, 4) is 22.6 Å². The normalized spacial score (nSPS) is 16.6. The minimum Gasteiger partial charge on any atom is -0.457 e. The van der Waals surface area contributed by atoms with Crippen LogP contribution in [0.4, 0.5) is 10.2 Å². The van der Waals surface area contributed by atoms with Gasteiger partial charge in [-0.3, -0.25) is 9.69 Å². The zero-order chi connectivity index (χ0) is 26.6. The number of nitrogens with two attached hydrogens (primary N) is 1. The largest absolute Gasteiger partial charge is 0.457 e. The molecule has 0 amide bonds. The van der Waals surface area contributed by atoms with Gasteiger partial charge in [-0.2, -0.15) is 5.10 Å². The number of nitrogens with zero attached hydrogens (tertiary/aromatic N) is 4. The Morgan fingerprint density at radius 2 is 1.97 bits per heavy atom. The van der Waals surface area contributed by atoms with Gasteiger partial charge in [0.2, 0.25) is 0 Å². The maximum absolute atomic E-state index is 15.5. The number of hydrogen-bond acceptors (Lipinski definition) is 6. The topological polar surface area (TPSA) is 92.4 Å². The van der Waals surface area contributed by atoms with Gasteiger partial charge >= 0.3 is 0 Å². The Kier molecular flexibility index (Phi) is 7.57. The molecule has 0 bridgehead atoms. The van der Waals surface area contributed by atoms with Gasteiger partial charge in [0.25, 0.3) is 5.56 Å². The van der Waals surface area contributed by atoms with Crippen LogP contribution in [-0.4, -0.2) is 64.8 Å². The van der Waals surface area contributed by atoms with Gasteiger partial charge in [0.05, 0.1) is 5.39 Å². The second-order valence-electron chi connectivity index (χ2n) is 9.96. The van der Waals surface area contributed by atoms with Crippen molar-refractivity contribution in [2.75, 3.05) is 46.0 Å². The molecule has 0 aliphatic carbocycles. The molecule has 1 atom stereocenters. The van der Waals surface area contributed by atoms with Crippen molar-refractivity contribution in [2.24, 2.45) is 0 Å². The van der Waals surface area contributed by atoms with Crippen molar-refractivity contribution < 1.29 is 9.13 Å². The summed E-state index contributed by atoms with van der Waals surface area (Å²) < 4.78 is 23.2. The highest BCUT2D eigenvalue weighted by atomic mass is 19.1. The van der Waals surface area contributed by atoms with Gasteiger partial charge in [0.1, 0.15) is 22.8 Å². The van der Waals surface area contributed by atoms with E-state index < -0.39 is 5.82 Å². The van der Waals surface area contributed by atoms with E-state index in [4.69, 9.17) is 10.5 Å². The van der Waals surface area contributed by atoms with Crippen LogP contribution in [0.5, 0.6) is 11.5 Å². The lowest BCUT2D eigenvalue weighted by Crippen LogP contribution is -2.37. The summed E-state index contributed by atoms with van der Waals surface area (Å²) in [6, 6.07) is 14.0. The molecule has 38 heavy (non-hydrogen) atoms. The first-order valence-corrected chi connectivity index (χ1v) is 12.8. The fourth-order valence-corrected chi connectivity index (χ4v) is 5.06. The summed E-state index contributed by atoms with van der Waals surface area (Å²) in [5, 5.41) is 6.96. The lowest BCUT2D eigenvalue weighted by atomic mass is 10.0. The molecule has 3 N–H and O–H groups in total. The van der Waals surface area contributed by atoms with E-state index in [1.807, 2.05) is 55.2 Å². The van der Waals surface area contributed by atoms with Crippen LogP contribution >= 0.6 is 0 Å². The highest BCUT2D eigenvalue weighted by Gasteiger charge is 2.26. The molecule has 1 aliphatic rings. The van der Waals surface area contributed by atoms with Crippen molar-refractivity contribution >= 4 is 16.7 Å². The Bertz CT molecular complexity index is 1490. The molecule has 3 heterocycles. The number of likely N-dealkylation sites (tertiary alicyclic amines) is 1. The first-order chi connectivity index (χ1) is 18.4. The zero-order valence-electron chi connectivity index (χ0n) is 21.7. The summed E-state index contributed by atoms with van der Waals surface area (Å²) in [4.78, 5) is 17.5. The quantitative estimate of drug-likeness (QED) is 0.331. The molecule has 8 nitrogen and oxygen atoms in total. The minimum atomic E-state index is -0.464. The molecule has 0 saturated carbocycles. The molecule has 2 aromatic heterocycles. The molecule has 4 aromatic rings. The van der Waals surface area contributed by atoms with Gasteiger partial charge in [0.15, 0.2) is 5.82 Å². The van der Waals surface area contributed by atoms with Crippen LogP contribution < -0.4 is 16.0 Å². The number of aromatic nitrogens is 3. The van der Waals surface area contributed by atoms with Crippen molar-refractivity contribution in [3.63, 3.8) is 0 Å². The summed E-state index contributed by atoms with van der Waals surface area (Å²) in [6.45, 7) is 3.51. The number of likely N-dealkylation sites (N-methyl/N-ethyl adjacent to an activating group) is 1. The third kappa shape index (κ3) is 5.49. The SMILES string of the molecule is CN(C)C/C=C/CN1CCC[C@@H](n2cc(-c3ccc(Oc4ccccc4)cc3F)c3c(N)n[nH]c(=O)c32)C1. The molecule has 1 saturated heterocycles. The summed E-state index contributed by atoms with van der Waals surface area (Å²) in [7, 11) is 4.08. The van der Waals surface area contributed by atoms with Crippen LogP contribution in [-0.2, 0) is 0 Å². The molecule has 5 rings (SSSR count). The molecule has 0 radical (unpaired) electrons. The fraction of sp³-hybridized carbons (Fsp3) is 0.310. The maximum Gasteiger partial charge on any atom is 0.288 e. The zero-order valence-corrected chi connectivity index (χ0v) is 21.7. The molecule has 0 spiro atoms. The summed E-state index contributed by atoms with van der Waals surface area (Å²) in [6.07, 6.45) is 8.11. The van der Waals surface area contributed by atoms with Crippen molar-refractivity contribution in [3.05, 3.63) is 83.1 Å². The van der Waals surface area contributed by atoms with Crippen LogP contribution in [0.2, 0.25) is 0 Å². The number of anilines is 1. The van der Waals surface area contributed by atoms with Gasteiger partial charge < -0.3 is 19.9 Å². The Balaban J connectivity index is 1.48. The van der Waals surface area contributed by atoms with E-state index in [-0.39, 0.29) is 17.4 Å². The van der Waals surface area contributed by atoms with Crippen LogP contribution in [0.3, 0.4) is 0 Å². The highest BCUT2D eigenvalue weighted by Crippen LogP contribution is 2.38. The highest BCUT2D eigenvalue weighted by molar-refractivity contribution is 6.02. The van der Waals surface area contributed by atoms with Crippen LogP contribution in [0.15, 0.2) is 71.7 Å². The standard InChI is InChI=1S/C29H33FN6O2/c1-34(2)14-6-7-15-35-16-8-9-20(18-35)36-19-24(26-27(36)29(37)33-32-28(26)31)23-13-12-22(17-25(23)30)38-21-10-4-3-5-11-21/h3-7,10-13,17,19-20H,8-9,14-16,18H2,1-2H3,(H2,31,32)(H,33,37)/b7-6+/t20-/m1/s1. The molecule has 2 aromatic carbocycles. The van der Waals surface area contributed by atoms with Crippen LogP contribution in [0, 0.1) is 5.82 Å².